The monoisotopic (exact) mass is 227 g/mol. The second-order valence-corrected chi connectivity index (χ2v) is 5.00. The average Bonchev–Trinajstić information content (AvgIpc) is 2.39. The van der Waals surface area contributed by atoms with E-state index in [2.05, 4.69) is 17.1 Å². The maximum atomic E-state index is 10.8. The number of benzene rings is 1. The van der Waals surface area contributed by atoms with E-state index in [9.17, 15) is 5.11 Å². The molecule has 17 heavy (non-hydrogen) atoms. The molecule has 1 heterocycles. The predicted octanol–water partition coefficient (Wildman–Crippen LogP) is 3.39. The van der Waals surface area contributed by atoms with Crippen molar-refractivity contribution in [2.45, 2.75) is 37.7 Å². The third-order valence-electron chi connectivity index (χ3n) is 3.85. The van der Waals surface area contributed by atoms with E-state index in [4.69, 9.17) is 0 Å². The zero-order valence-corrected chi connectivity index (χ0v) is 9.89. The molecule has 1 N–H and O–H groups in total. The Hall–Kier alpha value is -1.41. The van der Waals surface area contributed by atoms with Crippen molar-refractivity contribution in [2.75, 3.05) is 0 Å². The van der Waals surface area contributed by atoms with E-state index in [1.54, 1.807) is 0 Å². The molecule has 3 rings (SSSR count). The summed E-state index contributed by atoms with van der Waals surface area (Å²) in [5, 5.41) is 13.1. The first kappa shape index (κ1) is 10.7. The standard InChI is InChI=1S/C15H17NO/c17-15(8-4-1-5-9-15)14-11-16-10-12-6-2-3-7-13(12)14/h2-3,6-7,10-11,17H,1,4-5,8-9H2. The molecule has 1 fully saturated rings. The lowest BCUT2D eigenvalue weighted by Gasteiger charge is -2.33. The zero-order valence-electron chi connectivity index (χ0n) is 9.89. The highest BCUT2D eigenvalue weighted by atomic mass is 16.3. The summed E-state index contributed by atoms with van der Waals surface area (Å²) >= 11 is 0. The quantitative estimate of drug-likeness (QED) is 0.810. The number of aliphatic hydroxyl groups is 1. The highest BCUT2D eigenvalue weighted by molar-refractivity contribution is 5.85. The minimum atomic E-state index is -0.661. The third-order valence-corrected chi connectivity index (χ3v) is 3.85. The van der Waals surface area contributed by atoms with Crippen molar-refractivity contribution in [3.8, 4) is 0 Å². The first-order valence-corrected chi connectivity index (χ1v) is 6.35. The van der Waals surface area contributed by atoms with Crippen LogP contribution in [0.5, 0.6) is 0 Å². The molecule has 0 bridgehead atoms. The smallest absolute Gasteiger partial charge is 0.0917 e. The van der Waals surface area contributed by atoms with Crippen molar-refractivity contribution >= 4 is 10.8 Å². The van der Waals surface area contributed by atoms with Gasteiger partial charge in [0, 0.05) is 23.3 Å². The Labute approximate surface area is 101 Å². The van der Waals surface area contributed by atoms with Crippen molar-refractivity contribution < 1.29 is 5.11 Å². The second kappa shape index (κ2) is 4.11. The van der Waals surface area contributed by atoms with E-state index < -0.39 is 5.60 Å². The molecule has 0 spiro atoms. The van der Waals surface area contributed by atoms with E-state index in [1.807, 2.05) is 24.5 Å². The molecule has 2 heteroatoms. The van der Waals surface area contributed by atoms with Crippen molar-refractivity contribution in [3.63, 3.8) is 0 Å². The maximum Gasteiger partial charge on any atom is 0.0917 e. The number of fused-ring (bicyclic) bond motifs is 1. The lowest BCUT2D eigenvalue weighted by molar-refractivity contribution is 0.000485. The Morgan fingerprint density at radius 1 is 1.00 bits per heavy atom. The molecule has 1 aliphatic carbocycles. The van der Waals surface area contributed by atoms with E-state index in [0.717, 1.165) is 42.0 Å². The maximum absolute atomic E-state index is 10.8. The van der Waals surface area contributed by atoms with Crippen LogP contribution in [0.25, 0.3) is 10.8 Å². The Morgan fingerprint density at radius 2 is 1.76 bits per heavy atom. The molecule has 0 atom stereocenters. The third kappa shape index (κ3) is 1.83. The fourth-order valence-corrected chi connectivity index (χ4v) is 2.89. The van der Waals surface area contributed by atoms with Crippen LogP contribution in [0.1, 0.15) is 37.7 Å². The van der Waals surface area contributed by atoms with Gasteiger partial charge in [0.05, 0.1) is 5.60 Å². The highest BCUT2D eigenvalue weighted by Gasteiger charge is 2.32. The Kier molecular flexibility index (Phi) is 2.60. The number of hydrogen-bond acceptors (Lipinski definition) is 2. The summed E-state index contributed by atoms with van der Waals surface area (Å²) in [5.74, 6) is 0. The van der Waals surface area contributed by atoms with Gasteiger partial charge in [0.1, 0.15) is 0 Å². The molecule has 0 saturated heterocycles. The summed E-state index contributed by atoms with van der Waals surface area (Å²) in [6, 6.07) is 8.17. The van der Waals surface area contributed by atoms with Gasteiger partial charge in [0.15, 0.2) is 0 Å². The van der Waals surface area contributed by atoms with Crippen LogP contribution in [-0.4, -0.2) is 10.1 Å². The molecule has 2 nitrogen and oxygen atoms in total. The minimum absolute atomic E-state index is 0.661. The molecular formula is C15H17NO. The van der Waals surface area contributed by atoms with Crippen LogP contribution in [0.3, 0.4) is 0 Å². The molecule has 2 aromatic rings. The predicted molar refractivity (Wildman–Crippen MR) is 68.7 cm³/mol. The van der Waals surface area contributed by atoms with Gasteiger partial charge in [0.2, 0.25) is 0 Å². The van der Waals surface area contributed by atoms with Gasteiger partial charge in [-0.3, -0.25) is 4.98 Å². The van der Waals surface area contributed by atoms with Gasteiger partial charge < -0.3 is 5.11 Å². The van der Waals surface area contributed by atoms with Crippen LogP contribution in [0.15, 0.2) is 36.7 Å². The zero-order chi connectivity index (χ0) is 11.7. The van der Waals surface area contributed by atoms with Crippen molar-refractivity contribution in [1.29, 1.82) is 0 Å². The molecular weight excluding hydrogens is 210 g/mol. The van der Waals surface area contributed by atoms with E-state index in [1.165, 1.54) is 6.42 Å². The van der Waals surface area contributed by atoms with Crippen LogP contribution in [0.4, 0.5) is 0 Å². The van der Waals surface area contributed by atoms with Crippen LogP contribution in [0.2, 0.25) is 0 Å². The first-order valence-electron chi connectivity index (χ1n) is 6.35. The van der Waals surface area contributed by atoms with Gasteiger partial charge in [-0.1, -0.05) is 43.5 Å². The van der Waals surface area contributed by atoms with Crippen LogP contribution < -0.4 is 0 Å². The van der Waals surface area contributed by atoms with Crippen LogP contribution in [-0.2, 0) is 5.60 Å². The second-order valence-electron chi connectivity index (χ2n) is 5.00. The van der Waals surface area contributed by atoms with Gasteiger partial charge in [-0.15, -0.1) is 0 Å². The van der Waals surface area contributed by atoms with Gasteiger partial charge in [0.25, 0.3) is 0 Å². The lowest BCUT2D eigenvalue weighted by atomic mass is 9.79. The molecule has 1 aliphatic rings. The molecule has 1 aromatic carbocycles. The molecule has 0 unspecified atom stereocenters. The average molecular weight is 227 g/mol. The Balaban J connectivity index is 2.16. The molecule has 0 amide bonds. The molecule has 0 radical (unpaired) electrons. The summed E-state index contributed by atoms with van der Waals surface area (Å²) < 4.78 is 0. The number of pyridine rings is 1. The lowest BCUT2D eigenvalue weighted by Crippen LogP contribution is -2.28. The summed E-state index contributed by atoms with van der Waals surface area (Å²) in [7, 11) is 0. The molecule has 1 saturated carbocycles. The van der Waals surface area contributed by atoms with Crippen molar-refractivity contribution in [1.82, 2.24) is 4.98 Å². The number of aromatic nitrogens is 1. The Bertz CT molecular complexity index is 524. The van der Waals surface area contributed by atoms with Gasteiger partial charge in [-0.25, -0.2) is 0 Å². The van der Waals surface area contributed by atoms with Crippen molar-refractivity contribution in [2.24, 2.45) is 0 Å². The topological polar surface area (TPSA) is 33.1 Å². The van der Waals surface area contributed by atoms with E-state index in [-0.39, 0.29) is 0 Å². The largest absolute Gasteiger partial charge is 0.385 e. The number of nitrogens with zero attached hydrogens (tertiary/aromatic N) is 1. The SMILES string of the molecule is OC1(c2cncc3ccccc23)CCCCC1. The summed E-state index contributed by atoms with van der Waals surface area (Å²) in [4.78, 5) is 4.27. The number of rotatable bonds is 1. The molecule has 0 aliphatic heterocycles. The van der Waals surface area contributed by atoms with E-state index in [0.29, 0.717) is 0 Å². The summed E-state index contributed by atoms with van der Waals surface area (Å²) in [5.41, 5.74) is 0.349. The van der Waals surface area contributed by atoms with Crippen molar-refractivity contribution in [3.05, 3.63) is 42.2 Å². The van der Waals surface area contributed by atoms with Gasteiger partial charge in [-0.2, -0.15) is 0 Å². The molecule has 88 valence electrons. The van der Waals surface area contributed by atoms with E-state index >= 15 is 0 Å². The summed E-state index contributed by atoms with van der Waals surface area (Å²) in [6.45, 7) is 0. The fourth-order valence-electron chi connectivity index (χ4n) is 2.89. The van der Waals surface area contributed by atoms with Gasteiger partial charge >= 0.3 is 0 Å². The fraction of sp³-hybridized carbons (Fsp3) is 0.400. The minimum Gasteiger partial charge on any atom is -0.385 e. The molecule has 1 aromatic heterocycles. The highest BCUT2D eigenvalue weighted by Crippen LogP contribution is 2.39. The van der Waals surface area contributed by atoms with Crippen LogP contribution in [0, 0.1) is 0 Å². The normalized spacial score (nSPS) is 19.4. The Morgan fingerprint density at radius 3 is 2.59 bits per heavy atom. The van der Waals surface area contributed by atoms with Crippen LogP contribution >= 0.6 is 0 Å². The van der Waals surface area contributed by atoms with Gasteiger partial charge in [-0.05, 0) is 18.2 Å². The summed E-state index contributed by atoms with van der Waals surface area (Å²) in [6.07, 6.45) is 8.89. The number of hydrogen-bond donors (Lipinski definition) is 1. The first-order chi connectivity index (χ1) is 8.30.